The first-order valence-corrected chi connectivity index (χ1v) is 14.4. The Labute approximate surface area is 223 Å². The minimum atomic E-state index is -0.249. The topological polar surface area (TPSA) is 108 Å². The van der Waals surface area contributed by atoms with Gasteiger partial charge in [0.2, 0.25) is 16.9 Å². The van der Waals surface area contributed by atoms with E-state index in [-0.39, 0.29) is 16.7 Å². The number of aromatic nitrogens is 2. The quantitative estimate of drug-likeness (QED) is 0.315. The second-order valence-electron chi connectivity index (χ2n) is 8.40. The van der Waals surface area contributed by atoms with Gasteiger partial charge in [0.15, 0.2) is 5.17 Å². The van der Waals surface area contributed by atoms with Crippen molar-refractivity contribution in [2.45, 2.75) is 37.5 Å². The number of hydrogen-bond acceptors (Lipinski definition) is 9. The van der Waals surface area contributed by atoms with Gasteiger partial charge in [0.1, 0.15) is 9.88 Å². The van der Waals surface area contributed by atoms with E-state index in [1.165, 1.54) is 11.3 Å². The normalized spacial score (nSPS) is 16.8. The van der Waals surface area contributed by atoms with Gasteiger partial charge < -0.3 is 10.6 Å². The van der Waals surface area contributed by atoms with E-state index in [0.29, 0.717) is 23.1 Å². The van der Waals surface area contributed by atoms with Crippen LogP contribution in [0.3, 0.4) is 0 Å². The van der Waals surface area contributed by atoms with Crippen molar-refractivity contribution in [2.75, 3.05) is 16.8 Å². The van der Waals surface area contributed by atoms with Crippen LogP contribution in [0.5, 0.6) is 0 Å². The number of nitrogens with zero attached hydrogens (tertiary/aromatic N) is 3. The molecule has 0 bridgehead atoms. The number of aryl methyl sites for hydroxylation is 1. The fraction of sp³-hybridized carbons (Fsp3) is 0.320. The third-order valence-corrected chi connectivity index (χ3v) is 8.29. The first-order valence-electron chi connectivity index (χ1n) is 11.6. The minimum absolute atomic E-state index is 0.0689. The predicted molar refractivity (Wildman–Crippen MR) is 149 cm³/mol. The van der Waals surface area contributed by atoms with Crippen molar-refractivity contribution in [1.29, 1.82) is 0 Å². The molecule has 0 saturated carbocycles. The standard InChI is InChI=1S/C25H28N6O2S3/c1-25(31-30-24(36-25)27-21(33)17-19-10-6-3-7-11-19)13-15-34-14-12-22-28-29-23(35-22)26-20(32)16-18-8-4-2-5-9-18/h2-11,31H,12-17H2,1H3,(H,26,29,32)(H,27,30,33). The molecule has 0 aliphatic carbocycles. The van der Waals surface area contributed by atoms with Crippen molar-refractivity contribution in [1.82, 2.24) is 20.9 Å². The SMILES string of the molecule is CC1(CCSCCc2nnc(NC(=O)Cc3ccccc3)s2)NN=C(NC(=O)Cc2ccccc2)S1. The summed E-state index contributed by atoms with van der Waals surface area (Å²) < 4.78 is 0. The Hall–Kier alpha value is -2.89. The monoisotopic (exact) mass is 540 g/mol. The molecule has 188 valence electrons. The van der Waals surface area contributed by atoms with E-state index >= 15 is 0 Å². The molecule has 11 heteroatoms. The van der Waals surface area contributed by atoms with Crippen LogP contribution in [-0.2, 0) is 28.9 Å². The number of amidine groups is 1. The number of nitrogens with one attached hydrogen (secondary N) is 3. The maximum Gasteiger partial charge on any atom is 0.230 e. The lowest BCUT2D eigenvalue weighted by Crippen LogP contribution is -2.33. The average Bonchev–Trinajstić information content (AvgIpc) is 3.46. The van der Waals surface area contributed by atoms with Gasteiger partial charge in [0.25, 0.3) is 0 Å². The van der Waals surface area contributed by atoms with Gasteiger partial charge in [-0.05, 0) is 36.0 Å². The third kappa shape index (κ3) is 8.35. The fourth-order valence-corrected chi connectivity index (χ4v) is 6.50. The highest BCUT2D eigenvalue weighted by Gasteiger charge is 2.32. The van der Waals surface area contributed by atoms with Gasteiger partial charge in [-0.15, -0.1) is 10.2 Å². The number of thioether (sulfide) groups is 2. The number of hydrazone groups is 1. The number of carbonyl (C=O) groups excluding carboxylic acids is 2. The second-order valence-corrected chi connectivity index (χ2v) is 12.2. The van der Waals surface area contributed by atoms with Crippen LogP contribution in [0.4, 0.5) is 5.13 Å². The molecule has 0 saturated heterocycles. The molecule has 1 aliphatic rings. The molecule has 1 atom stereocenters. The molecule has 8 nitrogen and oxygen atoms in total. The van der Waals surface area contributed by atoms with Crippen LogP contribution in [0.1, 0.15) is 29.5 Å². The van der Waals surface area contributed by atoms with Crippen molar-refractivity contribution in [3.8, 4) is 0 Å². The van der Waals surface area contributed by atoms with Crippen LogP contribution >= 0.6 is 34.9 Å². The van der Waals surface area contributed by atoms with Crippen molar-refractivity contribution in [2.24, 2.45) is 5.10 Å². The van der Waals surface area contributed by atoms with Gasteiger partial charge in [0, 0.05) is 6.42 Å². The maximum absolute atomic E-state index is 12.3. The van der Waals surface area contributed by atoms with E-state index in [0.717, 1.165) is 40.5 Å². The van der Waals surface area contributed by atoms with Gasteiger partial charge in [-0.1, -0.05) is 83.8 Å². The highest BCUT2D eigenvalue weighted by atomic mass is 32.2. The van der Waals surface area contributed by atoms with Gasteiger partial charge >= 0.3 is 0 Å². The molecule has 0 radical (unpaired) electrons. The molecule has 1 unspecified atom stereocenters. The van der Waals surface area contributed by atoms with Crippen LogP contribution in [-0.4, -0.2) is 43.6 Å². The van der Waals surface area contributed by atoms with Crippen LogP contribution in [0, 0.1) is 0 Å². The predicted octanol–water partition coefficient (Wildman–Crippen LogP) is 4.07. The van der Waals surface area contributed by atoms with E-state index in [9.17, 15) is 9.59 Å². The zero-order valence-electron chi connectivity index (χ0n) is 19.9. The summed E-state index contributed by atoms with van der Waals surface area (Å²) in [5.41, 5.74) is 5.10. The number of rotatable bonds is 11. The molecular weight excluding hydrogens is 513 g/mol. The summed E-state index contributed by atoms with van der Waals surface area (Å²) in [6.45, 7) is 2.09. The third-order valence-electron chi connectivity index (χ3n) is 5.27. The Morgan fingerprint density at radius 3 is 2.22 bits per heavy atom. The molecule has 2 amide bonds. The van der Waals surface area contributed by atoms with Crippen molar-refractivity contribution in [3.63, 3.8) is 0 Å². The molecule has 0 spiro atoms. The van der Waals surface area contributed by atoms with Crippen molar-refractivity contribution < 1.29 is 9.59 Å². The highest BCUT2D eigenvalue weighted by Crippen LogP contribution is 2.32. The minimum Gasteiger partial charge on any atom is -0.303 e. The Balaban J connectivity index is 1.10. The first kappa shape index (κ1) is 26.2. The molecule has 3 aromatic rings. The van der Waals surface area contributed by atoms with Crippen molar-refractivity contribution in [3.05, 3.63) is 76.8 Å². The van der Waals surface area contributed by atoms with Gasteiger partial charge in [-0.2, -0.15) is 16.9 Å². The lowest BCUT2D eigenvalue weighted by molar-refractivity contribution is -0.119. The van der Waals surface area contributed by atoms with E-state index in [1.807, 2.05) is 72.4 Å². The van der Waals surface area contributed by atoms with E-state index in [2.05, 4.69) is 38.3 Å². The average molecular weight is 541 g/mol. The first-order chi connectivity index (χ1) is 17.5. The summed E-state index contributed by atoms with van der Waals surface area (Å²) in [6.07, 6.45) is 2.34. The molecule has 0 fully saturated rings. The molecule has 1 aliphatic heterocycles. The maximum atomic E-state index is 12.3. The number of hydrogen-bond donors (Lipinski definition) is 3. The number of anilines is 1. The zero-order chi connectivity index (χ0) is 25.2. The smallest absolute Gasteiger partial charge is 0.230 e. The van der Waals surface area contributed by atoms with Gasteiger partial charge in [0.05, 0.1) is 12.8 Å². The number of carbonyl (C=O) groups is 2. The molecule has 36 heavy (non-hydrogen) atoms. The van der Waals surface area contributed by atoms with Gasteiger partial charge in [-0.3, -0.25) is 15.0 Å². The lowest BCUT2D eigenvalue weighted by atomic mass is 10.1. The second kappa shape index (κ2) is 12.9. The highest BCUT2D eigenvalue weighted by molar-refractivity contribution is 8.15. The molecule has 4 rings (SSSR count). The van der Waals surface area contributed by atoms with Crippen LogP contribution < -0.4 is 16.1 Å². The largest absolute Gasteiger partial charge is 0.303 e. The molecule has 2 heterocycles. The summed E-state index contributed by atoms with van der Waals surface area (Å²) in [5, 5.41) is 20.4. The summed E-state index contributed by atoms with van der Waals surface area (Å²) in [6, 6.07) is 19.3. The van der Waals surface area contributed by atoms with Crippen LogP contribution in [0.15, 0.2) is 65.8 Å². The molecule has 3 N–H and O–H groups in total. The summed E-state index contributed by atoms with van der Waals surface area (Å²) in [7, 11) is 0. The van der Waals surface area contributed by atoms with Crippen LogP contribution in [0.25, 0.3) is 0 Å². The Bertz CT molecular complexity index is 1190. The Morgan fingerprint density at radius 1 is 0.917 bits per heavy atom. The zero-order valence-corrected chi connectivity index (χ0v) is 22.3. The molecular formula is C25H28N6O2S3. The summed E-state index contributed by atoms with van der Waals surface area (Å²) in [5.74, 6) is 1.69. The van der Waals surface area contributed by atoms with E-state index in [1.54, 1.807) is 11.8 Å². The molecule has 2 aromatic carbocycles. The van der Waals surface area contributed by atoms with E-state index < -0.39 is 0 Å². The summed E-state index contributed by atoms with van der Waals surface area (Å²) in [4.78, 5) is 24.2. The Morgan fingerprint density at radius 2 is 1.56 bits per heavy atom. The summed E-state index contributed by atoms with van der Waals surface area (Å²) >= 11 is 4.80. The number of benzene rings is 2. The fourth-order valence-electron chi connectivity index (χ4n) is 3.41. The Kier molecular flexibility index (Phi) is 9.37. The lowest BCUT2D eigenvalue weighted by Gasteiger charge is -2.22. The van der Waals surface area contributed by atoms with Gasteiger partial charge in [-0.25, -0.2) is 0 Å². The number of amides is 2. The van der Waals surface area contributed by atoms with E-state index in [4.69, 9.17) is 0 Å². The van der Waals surface area contributed by atoms with Crippen LogP contribution in [0.2, 0.25) is 0 Å². The molecule has 1 aromatic heterocycles. The van der Waals surface area contributed by atoms with Crippen molar-refractivity contribution >= 4 is 57.0 Å².